The Kier molecular flexibility index (Phi) is 4.22. The Morgan fingerprint density at radius 1 is 1.37 bits per heavy atom. The average Bonchev–Trinajstić information content (AvgIpc) is 2.38. The number of hydrogen-bond donors (Lipinski definition) is 2. The van der Waals surface area contributed by atoms with Crippen molar-refractivity contribution in [2.24, 2.45) is 0 Å². The lowest BCUT2D eigenvalue weighted by Crippen LogP contribution is -2.23. The van der Waals surface area contributed by atoms with Gasteiger partial charge in [0.25, 0.3) is 0 Å². The van der Waals surface area contributed by atoms with E-state index in [4.69, 9.17) is 5.11 Å². The van der Waals surface area contributed by atoms with Gasteiger partial charge in [0.05, 0.1) is 6.42 Å². The number of nitrogens with zero attached hydrogens (tertiary/aromatic N) is 3. The number of aromatic nitrogens is 3. The molecule has 0 bridgehead atoms. The van der Waals surface area contributed by atoms with E-state index in [9.17, 15) is 4.79 Å². The standard InChI is InChI=1S/C13H16N4O2/c1-2-3-9(8-12(18)19)16-11-5-4-10-13(17-11)15-7-6-14-10/h4-7,9H,2-3,8H2,1H3,(H,18,19)(H,15,16,17). The van der Waals surface area contributed by atoms with Crippen LogP contribution in [-0.4, -0.2) is 32.1 Å². The molecule has 6 nitrogen and oxygen atoms in total. The van der Waals surface area contributed by atoms with Crippen molar-refractivity contribution >= 4 is 23.0 Å². The molecule has 0 saturated carbocycles. The quantitative estimate of drug-likeness (QED) is 0.826. The average molecular weight is 260 g/mol. The van der Waals surface area contributed by atoms with Gasteiger partial charge in [-0.2, -0.15) is 0 Å². The van der Waals surface area contributed by atoms with Crippen LogP contribution >= 0.6 is 0 Å². The van der Waals surface area contributed by atoms with Gasteiger partial charge < -0.3 is 10.4 Å². The number of rotatable bonds is 6. The second-order valence-electron chi connectivity index (χ2n) is 4.32. The fraction of sp³-hybridized carbons (Fsp3) is 0.385. The summed E-state index contributed by atoms with van der Waals surface area (Å²) in [4.78, 5) is 23.4. The van der Waals surface area contributed by atoms with Crippen LogP contribution in [-0.2, 0) is 4.79 Å². The predicted octanol–water partition coefficient (Wildman–Crippen LogP) is 2.08. The van der Waals surface area contributed by atoms with Crippen LogP contribution in [0.5, 0.6) is 0 Å². The molecule has 2 aromatic heterocycles. The number of fused-ring (bicyclic) bond motifs is 1. The third-order valence-electron chi connectivity index (χ3n) is 2.74. The maximum Gasteiger partial charge on any atom is 0.305 e. The van der Waals surface area contributed by atoms with Crippen LogP contribution in [0.3, 0.4) is 0 Å². The highest BCUT2D eigenvalue weighted by Gasteiger charge is 2.13. The zero-order chi connectivity index (χ0) is 13.7. The van der Waals surface area contributed by atoms with Crippen molar-refractivity contribution in [3.05, 3.63) is 24.5 Å². The summed E-state index contributed by atoms with van der Waals surface area (Å²) in [5, 5.41) is 12.0. The Balaban J connectivity index is 2.16. The first kappa shape index (κ1) is 13.2. The molecule has 0 saturated heterocycles. The molecular formula is C13H16N4O2. The predicted molar refractivity (Wildman–Crippen MR) is 71.9 cm³/mol. The first-order valence-corrected chi connectivity index (χ1v) is 6.25. The topological polar surface area (TPSA) is 88.0 Å². The highest BCUT2D eigenvalue weighted by Crippen LogP contribution is 2.14. The minimum absolute atomic E-state index is 0.0774. The molecule has 1 unspecified atom stereocenters. The molecule has 0 radical (unpaired) electrons. The molecule has 0 aliphatic heterocycles. The van der Waals surface area contributed by atoms with E-state index in [1.807, 2.05) is 13.0 Å². The molecule has 1 atom stereocenters. The van der Waals surface area contributed by atoms with Crippen LogP contribution in [0.25, 0.3) is 11.2 Å². The van der Waals surface area contributed by atoms with Crippen LogP contribution in [0.1, 0.15) is 26.2 Å². The third kappa shape index (κ3) is 3.61. The smallest absolute Gasteiger partial charge is 0.305 e. The van der Waals surface area contributed by atoms with E-state index in [2.05, 4.69) is 20.3 Å². The van der Waals surface area contributed by atoms with Crippen molar-refractivity contribution in [1.29, 1.82) is 0 Å². The van der Waals surface area contributed by atoms with Crippen molar-refractivity contribution in [2.45, 2.75) is 32.2 Å². The Labute approximate surface area is 110 Å². The maximum atomic E-state index is 10.8. The van der Waals surface area contributed by atoms with Gasteiger partial charge in [-0.1, -0.05) is 13.3 Å². The largest absolute Gasteiger partial charge is 0.481 e. The Bertz CT molecular complexity index is 573. The lowest BCUT2D eigenvalue weighted by molar-refractivity contribution is -0.137. The van der Waals surface area contributed by atoms with Crippen molar-refractivity contribution in [1.82, 2.24) is 15.0 Å². The summed E-state index contributed by atoms with van der Waals surface area (Å²) in [5.41, 5.74) is 1.27. The monoisotopic (exact) mass is 260 g/mol. The van der Waals surface area contributed by atoms with Crippen molar-refractivity contribution in [3.63, 3.8) is 0 Å². The van der Waals surface area contributed by atoms with Gasteiger partial charge in [-0.3, -0.25) is 9.78 Å². The van der Waals surface area contributed by atoms with Gasteiger partial charge in [0.15, 0.2) is 5.65 Å². The van der Waals surface area contributed by atoms with E-state index in [1.165, 1.54) is 0 Å². The summed E-state index contributed by atoms with van der Waals surface area (Å²) in [6.45, 7) is 2.02. The van der Waals surface area contributed by atoms with E-state index in [0.717, 1.165) is 18.4 Å². The minimum Gasteiger partial charge on any atom is -0.481 e. The van der Waals surface area contributed by atoms with Gasteiger partial charge in [0.1, 0.15) is 11.3 Å². The third-order valence-corrected chi connectivity index (χ3v) is 2.74. The summed E-state index contributed by atoms with van der Waals surface area (Å²) >= 11 is 0. The van der Waals surface area contributed by atoms with Gasteiger partial charge in [0.2, 0.25) is 0 Å². The van der Waals surface area contributed by atoms with E-state index < -0.39 is 5.97 Å². The highest BCUT2D eigenvalue weighted by molar-refractivity contribution is 5.72. The Morgan fingerprint density at radius 3 is 2.89 bits per heavy atom. The van der Waals surface area contributed by atoms with E-state index in [-0.39, 0.29) is 12.5 Å². The molecule has 2 N–H and O–H groups in total. The first-order chi connectivity index (χ1) is 9.19. The highest BCUT2D eigenvalue weighted by atomic mass is 16.4. The maximum absolute atomic E-state index is 10.8. The van der Waals surface area contributed by atoms with Gasteiger partial charge in [-0.05, 0) is 18.6 Å². The fourth-order valence-electron chi connectivity index (χ4n) is 1.93. The van der Waals surface area contributed by atoms with Crippen molar-refractivity contribution < 1.29 is 9.90 Å². The van der Waals surface area contributed by atoms with Crippen LogP contribution in [0.15, 0.2) is 24.5 Å². The molecule has 0 aliphatic rings. The number of hydrogen-bond acceptors (Lipinski definition) is 5. The number of nitrogens with one attached hydrogen (secondary N) is 1. The molecule has 2 aromatic rings. The number of carboxylic acids is 1. The van der Waals surface area contributed by atoms with Gasteiger partial charge in [-0.25, -0.2) is 9.97 Å². The fourth-order valence-corrected chi connectivity index (χ4v) is 1.93. The number of carbonyl (C=O) groups is 1. The second kappa shape index (κ2) is 6.08. The lowest BCUT2D eigenvalue weighted by Gasteiger charge is -2.16. The molecule has 0 spiro atoms. The molecule has 100 valence electrons. The minimum atomic E-state index is -0.813. The number of aliphatic carboxylic acids is 1. The molecule has 2 rings (SSSR count). The molecule has 19 heavy (non-hydrogen) atoms. The van der Waals surface area contributed by atoms with Crippen LogP contribution in [0, 0.1) is 0 Å². The van der Waals surface area contributed by atoms with Crippen molar-refractivity contribution in [2.75, 3.05) is 5.32 Å². The van der Waals surface area contributed by atoms with Crippen LogP contribution < -0.4 is 5.32 Å². The van der Waals surface area contributed by atoms with E-state index >= 15 is 0 Å². The Morgan fingerprint density at radius 2 is 2.16 bits per heavy atom. The molecule has 0 aromatic carbocycles. The number of carboxylic acid groups (broad SMARTS) is 1. The van der Waals surface area contributed by atoms with E-state index in [1.54, 1.807) is 18.5 Å². The summed E-state index contributed by atoms with van der Waals surface area (Å²) in [7, 11) is 0. The normalized spacial score (nSPS) is 12.3. The second-order valence-corrected chi connectivity index (χ2v) is 4.32. The number of pyridine rings is 1. The molecule has 2 heterocycles. The first-order valence-electron chi connectivity index (χ1n) is 6.25. The molecular weight excluding hydrogens is 244 g/mol. The molecule has 0 aliphatic carbocycles. The van der Waals surface area contributed by atoms with E-state index in [0.29, 0.717) is 11.5 Å². The van der Waals surface area contributed by atoms with Gasteiger partial charge in [-0.15, -0.1) is 0 Å². The summed E-state index contributed by atoms with van der Waals surface area (Å²) in [6, 6.07) is 3.49. The Hall–Kier alpha value is -2.24. The molecule has 0 amide bonds. The van der Waals surface area contributed by atoms with Crippen LogP contribution in [0.4, 0.5) is 5.82 Å². The summed E-state index contributed by atoms with van der Waals surface area (Å²) in [5.74, 6) is -0.181. The molecule has 6 heteroatoms. The summed E-state index contributed by atoms with van der Waals surface area (Å²) in [6.07, 6.45) is 4.97. The summed E-state index contributed by atoms with van der Waals surface area (Å²) < 4.78 is 0. The number of anilines is 1. The lowest BCUT2D eigenvalue weighted by atomic mass is 10.1. The van der Waals surface area contributed by atoms with Crippen molar-refractivity contribution in [3.8, 4) is 0 Å². The zero-order valence-corrected chi connectivity index (χ0v) is 10.7. The zero-order valence-electron chi connectivity index (χ0n) is 10.7. The SMILES string of the molecule is CCCC(CC(=O)O)Nc1ccc2nccnc2n1. The van der Waals surface area contributed by atoms with Gasteiger partial charge in [0, 0.05) is 18.4 Å². The van der Waals surface area contributed by atoms with Gasteiger partial charge >= 0.3 is 5.97 Å². The molecule has 0 fully saturated rings. The van der Waals surface area contributed by atoms with Crippen LogP contribution in [0.2, 0.25) is 0 Å².